The van der Waals surface area contributed by atoms with Gasteiger partial charge < -0.3 is 20.1 Å². The van der Waals surface area contributed by atoms with Gasteiger partial charge in [-0.05, 0) is 43.2 Å². The highest BCUT2D eigenvalue weighted by molar-refractivity contribution is 6.03. The van der Waals surface area contributed by atoms with Crippen LogP contribution in [0.1, 0.15) is 23.2 Å². The second-order valence-electron chi connectivity index (χ2n) is 5.51. The van der Waals surface area contributed by atoms with Crippen molar-refractivity contribution in [2.24, 2.45) is 0 Å². The Morgan fingerprint density at radius 1 is 1.29 bits per heavy atom. The number of hydrogen-bond acceptors (Lipinski definition) is 6. The van der Waals surface area contributed by atoms with E-state index < -0.39 is 0 Å². The van der Waals surface area contributed by atoms with Gasteiger partial charge in [0.05, 0.1) is 13.2 Å². The first-order chi connectivity index (χ1) is 11.7. The Morgan fingerprint density at radius 2 is 2.12 bits per heavy atom. The molecule has 126 valence electrons. The number of hydrogen-bond donors (Lipinski definition) is 2. The zero-order valence-electron chi connectivity index (χ0n) is 13.5. The van der Waals surface area contributed by atoms with Crippen molar-refractivity contribution >= 4 is 17.5 Å². The molecule has 0 aliphatic carbocycles. The van der Waals surface area contributed by atoms with Crippen molar-refractivity contribution in [3.8, 4) is 5.75 Å². The van der Waals surface area contributed by atoms with Crippen LogP contribution >= 0.6 is 0 Å². The largest absolute Gasteiger partial charge is 0.497 e. The molecule has 0 bridgehead atoms. The summed E-state index contributed by atoms with van der Waals surface area (Å²) < 4.78 is 10.7. The van der Waals surface area contributed by atoms with Gasteiger partial charge in [-0.3, -0.25) is 4.79 Å². The number of anilines is 2. The maximum Gasteiger partial charge on any atom is 0.256 e. The monoisotopic (exact) mass is 328 g/mol. The fourth-order valence-electron chi connectivity index (χ4n) is 2.47. The van der Waals surface area contributed by atoms with E-state index in [4.69, 9.17) is 9.47 Å². The van der Waals surface area contributed by atoms with E-state index in [2.05, 4.69) is 20.8 Å². The highest BCUT2D eigenvalue weighted by Gasteiger charge is 2.15. The lowest BCUT2D eigenvalue weighted by molar-refractivity contribution is 0.102. The molecule has 0 radical (unpaired) electrons. The minimum Gasteiger partial charge on any atom is -0.497 e. The van der Waals surface area contributed by atoms with Crippen LogP contribution in [0.4, 0.5) is 11.6 Å². The minimum atomic E-state index is -0.261. The molecule has 2 aromatic rings. The Bertz CT molecular complexity index is 684. The van der Waals surface area contributed by atoms with Gasteiger partial charge in [0.1, 0.15) is 11.6 Å². The Kier molecular flexibility index (Phi) is 5.22. The summed E-state index contributed by atoms with van der Waals surface area (Å²) in [5, 5.41) is 14.0. The predicted molar refractivity (Wildman–Crippen MR) is 90.4 cm³/mol. The quantitative estimate of drug-likeness (QED) is 0.846. The topological polar surface area (TPSA) is 85.4 Å². The fourth-order valence-corrected chi connectivity index (χ4v) is 2.47. The van der Waals surface area contributed by atoms with Gasteiger partial charge in [-0.25, -0.2) is 0 Å². The first-order valence-electron chi connectivity index (χ1n) is 7.89. The van der Waals surface area contributed by atoms with Crippen LogP contribution in [0.5, 0.6) is 5.75 Å². The number of ether oxygens (including phenoxy) is 2. The molecule has 7 nitrogen and oxygen atoms in total. The van der Waals surface area contributed by atoms with Crippen LogP contribution in [0.2, 0.25) is 0 Å². The van der Waals surface area contributed by atoms with E-state index in [0.717, 1.165) is 19.4 Å². The van der Waals surface area contributed by atoms with Crippen molar-refractivity contribution in [2.75, 3.05) is 30.9 Å². The second kappa shape index (κ2) is 7.74. The second-order valence-corrected chi connectivity index (χ2v) is 5.51. The highest BCUT2D eigenvalue weighted by Crippen LogP contribution is 2.15. The molecule has 1 aliphatic heterocycles. The molecule has 1 aromatic heterocycles. The highest BCUT2D eigenvalue weighted by atomic mass is 16.5. The van der Waals surface area contributed by atoms with Gasteiger partial charge in [0.2, 0.25) is 0 Å². The van der Waals surface area contributed by atoms with Crippen LogP contribution < -0.4 is 15.4 Å². The fraction of sp³-hybridized carbons (Fsp3) is 0.353. The minimum absolute atomic E-state index is 0.235. The SMILES string of the molecule is COc1cccc(C(=O)Nc2ccc(NCC3CCCO3)nn2)c1. The number of carbonyl (C=O) groups excluding carboxylic acids is 1. The average molecular weight is 328 g/mol. The summed E-state index contributed by atoms with van der Waals surface area (Å²) in [4.78, 5) is 12.2. The number of benzene rings is 1. The first-order valence-corrected chi connectivity index (χ1v) is 7.89. The molecule has 1 aromatic carbocycles. The third kappa shape index (κ3) is 4.20. The summed E-state index contributed by atoms with van der Waals surface area (Å²) in [7, 11) is 1.56. The van der Waals surface area contributed by atoms with Crippen LogP contribution in [0.25, 0.3) is 0 Å². The van der Waals surface area contributed by atoms with Crippen molar-refractivity contribution in [1.29, 1.82) is 0 Å². The smallest absolute Gasteiger partial charge is 0.256 e. The van der Waals surface area contributed by atoms with Gasteiger partial charge in [-0.15, -0.1) is 10.2 Å². The number of methoxy groups -OCH3 is 1. The molecule has 1 aliphatic rings. The molecule has 0 saturated carbocycles. The molecule has 1 atom stereocenters. The van der Waals surface area contributed by atoms with Crippen LogP contribution in [-0.4, -0.2) is 42.5 Å². The molecule has 2 N–H and O–H groups in total. The van der Waals surface area contributed by atoms with Crippen molar-refractivity contribution < 1.29 is 14.3 Å². The molecule has 3 rings (SSSR count). The van der Waals surface area contributed by atoms with E-state index in [-0.39, 0.29) is 12.0 Å². The number of aromatic nitrogens is 2. The Hall–Kier alpha value is -2.67. The van der Waals surface area contributed by atoms with Crippen LogP contribution in [0.15, 0.2) is 36.4 Å². The Morgan fingerprint density at radius 3 is 2.83 bits per heavy atom. The van der Waals surface area contributed by atoms with E-state index in [1.807, 2.05) is 0 Å². The Balaban J connectivity index is 1.55. The van der Waals surface area contributed by atoms with Gasteiger partial charge in [0, 0.05) is 18.7 Å². The lowest BCUT2D eigenvalue weighted by atomic mass is 10.2. The summed E-state index contributed by atoms with van der Waals surface area (Å²) in [5.41, 5.74) is 0.497. The van der Waals surface area contributed by atoms with E-state index in [1.54, 1.807) is 43.5 Å². The van der Waals surface area contributed by atoms with Crippen LogP contribution in [0.3, 0.4) is 0 Å². The number of carbonyl (C=O) groups is 1. The van der Waals surface area contributed by atoms with Crippen molar-refractivity contribution in [3.63, 3.8) is 0 Å². The molecule has 0 spiro atoms. The number of nitrogens with zero attached hydrogens (tertiary/aromatic N) is 2. The lowest BCUT2D eigenvalue weighted by Crippen LogP contribution is -2.19. The van der Waals surface area contributed by atoms with Crippen molar-refractivity contribution in [1.82, 2.24) is 10.2 Å². The molecule has 7 heteroatoms. The third-order valence-electron chi connectivity index (χ3n) is 3.77. The zero-order chi connectivity index (χ0) is 16.8. The van der Waals surface area contributed by atoms with E-state index >= 15 is 0 Å². The average Bonchev–Trinajstić information content (AvgIpc) is 3.15. The van der Waals surface area contributed by atoms with Gasteiger partial charge in [-0.1, -0.05) is 6.07 Å². The van der Waals surface area contributed by atoms with E-state index in [0.29, 0.717) is 29.5 Å². The third-order valence-corrected chi connectivity index (χ3v) is 3.77. The van der Waals surface area contributed by atoms with Gasteiger partial charge in [0.25, 0.3) is 5.91 Å². The summed E-state index contributed by atoms with van der Waals surface area (Å²) in [6.07, 6.45) is 2.40. The van der Waals surface area contributed by atoms with Crippen molar-refractivity contribution in [2.45, 2.75) is 18.9 Å². The summed E-state index contributed by atoms with van der Waals surface area (Å²) in [6.45, 7) is 1.54. The lowest BCUT2D eigenvalue weighted by Gasteiger charge is -2.11. The van der Waals surface area contributed by atoms with E-state index in [9.17, 15) is 4.79 Å². The summed E-state index contributed by atoms with van der Waals surface area (Å²) in [6, 6.07) is 10.4. The summed E-state index contributed by atoms with van der Waals surface area (Å²) >= 11 is 0. The van der Waals surface area contributed by atoms with Crippen LogP contribution in [-0.2, 0) is 4.74 Å². The van der Waals surface area contributed by atoms with Crippen LogP contribution in [0, 0.1) is 0 Å². The first kappa shape index (κ1) is 16.2. The molecule has 1 saturated heterocycles. The molecule has 1 amide bonds. The molecular weight excluding hydrogens is 308 g/mol. The summed E-state index contributed by atoms with van der Waals surface area (Å²) in [5.74, 6) is 1.42. The number of amides is 1. The molecule has 24 heavy (non-hydrogen) atoms. The molecule has 1 unspecified atom stereocenters. The number of nitrogens with one attached hydrogen (secondary N) is 2. The van der Waals surface area contributed by atoms with Gasteiger partial charge in [0.15, 0.2) is 5.82 Å². The Labute approximate surface area is 140 Å². The maximum atomic E-state index is 12.2. The van der Waals surface area contributed by atoms with Gasteiger partial charge in [-0.2, -0.15) is 0 Å². The molecule has 2 heterocycles. The van der Waals surface area contributed by atoms with E-state index in [1.165, 1.54) is 0 Å². The van der Waals surface area contributed by atoms with Gasteiger partial charge >= 0.3 is 0 Å². The predicted octanol–water partition coefficient (Wildman–Crippen LogP) is 2.33. The normalized spacial score (nSPS) is 16.6. The molecule has 1 fully saturated rings. The molecular formula is C17H20N4O3. The standard InChI is InChI=1S/C17H20N4O3/c1-23-13-5-2-4-12(10-13)17(22)19-16-8-7-15(20-21-16)18-11-14-6-3-9-24-14/h2,4-5,7-8,10,14H,3,6,9,11H2,1H3,(H,18,20)(H,19,21,22). The number of rotatable bonds is 6. The zero-order valence-corrected chi connectivity index (χ0v) is 13.5. The maximum absolute atomic E-state index is 12.2. The van der Waals surface area contributed by atoms with Crippen molar-refractivity contribution in [3.05, 3.63) is 42.0 Å².